The normalized spacial score (nSPS) is 23.4. The summed E-state index contributed by atoms with van der Waals surface area (Å²) in [5.74, 6) is -0.864. The van der Waals surface area contributed by atoms with Gasteiger partial charge in [0.05, 0.1) is 45.2 Å². The van der Waals surface area contributed by atoms with E-state index in [1.165, 1.54) is 7.05 Å². The molecule has 1 fully saturated rings. The van der Waals surface area contributed by atoms with Gasteiger partial charge in [-0.1, -0.05) is 48.5 Å². The number of aliphatic hydroxyl groups excluding tert-OH is 4. The van der Waals surface area contributed by atoms with Gasteiger partial charge in [-0.25, -0.2) is 4.57 Å². The lowest BCUT2D eigenvalue weighted by molar-refractivity contribution is -0.687. The summed E-state index contributed by atoms with van der Waals surface area (Å²) in [6, 6.07) is 19.1. The number of hydrogen-bond donors (Lipinski definition) is 5. The smallest absolute Gasteiger partial charge is 0.262 e. The quantitative estimate of drug-likeness (QED) is 0.119. The predicted octanol–water partition coefficient (Wildman–Crippen LogP) is -1.03. The van der Waals surface area contributed by atoms with Crippen molar-refractivity contribution in [3.8, 4) is 0 Å². The Morgan fingerprint density at radius 3 is 2.29 bits per heavy atom. The molecule has 0 saturated carbocycles. The van der Waals surface area contributed by atoms with Crippen LogP contribution in [0.1, 0.15) is 32.5 Å². The lowest BCUT2D eigenvalue weighted by atomic mass is 9.96. The van der Waals surface area contributed by atoms with Crippen LogP contribution in [-0.2, 0) is 11.3 Å². The number of pyridine rings is 1. The number of carbonyl (C=O) groups excluding carboxylic acids is 2. The Bertz CT molecular complexity index is 2160. The maximum atomic E-state index is 13.8. The second-order valence-electron chi connectivity index (χ2n) is 11.6. The van der Waals surface area contributed by atoms with E-state index in [0.29, 0.717) is 44.8 Å². The molecular weight excluding hydrogens is 644 g/mol. The second kappa shape index (κ2) is 10.7. The number of para-hydroxylation sites is 1. The summed E-state index contributed by atoms with van der Waals surface area (Å²) in [7, 11) is 1.46. The van der Waals surface area contributed by atoms with Crippen molar-refractivity contribution in [1.29, 1.82) is 0 Å². The fourth-order valence-corrected chi connectivity index (χ4v) is 6.94. The van der Waals surface area contributed by atoms with Gasteiger partial charge in [-0.15, -0.1) is 0 Å². The molecule has 0 radical (unpaired) electrons. The number of aliphatic hydroxyl groups is 4. The molecule has 12 heteroatoms. The van der Waals surface area contributed by atoms with Gasteiger partial charge in [-0.05, 0) is 6.07 Å². The third-order valence-electron chi connectivity index (χ3n) is 9.06. The fourth-order valence-electron chi connectivity index (χ4n) is 6.94. The summed E-state index contributed by atoms with van der Waals surface area (Å²) in [4.78, 5) is 32.2. The van der Waals surface area contributed by atoms with Crippen molar-refractivity contribution in [3.05, 3.63) is 89.7 Å². The van der Waals surface area contributed by atoms with Crippen LogP contribution in [0.15, 0.2) is 73.1 Å². The summed E-state index contributed by atoms with van der Waals surface area (Å²) >= 11 is 0. The molecular formula is C33H29BrN4O7. The monoisotopic (exact) mass is 672 g/mol. The molecule has 0 spiro atoms. The Kier molecular flexibility index (Phi) is 7.04. The molecule has 230 valence electrons. The SMILES string of the molecule is CN1C(=O)c2c(c3c4ccccc4n([C@@H]4O[C@H](CO)[C@@H](O)[C@H](O)[C@H]4O)c3c3[nH]c4cc[n+](Cc5ccccc5)cc4c23)C1=O.[Br-]. The zero-order chi connectivity index (χ0) is 30.4. The van der Waals surface area contributed by atoms with E-state index in [4.69, 9.17) is 4.74 Å². The zero-order valence-electron chi connectivity index (χ0n) is 24.0. The molecule has 8 rings (SSSR count). The van der Waals surface area contributed by atoms with E-state index in [-0.39, 0.29) is 22.5 Å². The first-order chi connectivity index (χ1) is 21.3. The van der Waals surface area contributed by atoms with E-state index in [9.17, 15) is 30.0 Å². The molecule has 5 N–H and O–H groups in total. The minimum atomic E-state index is -1.61. The highest BCUT2D eigenvalue weighted by molar-refractivity contribution is 6.39. The number of carbonyl (C=O) groups is 2. The average molecular weight is 674 g/mol. The van der Waals surface area contributed by atoms with Gasteiger partial charge in [-0.3, -0.25) is 14.5 Å². The summed E-state index contributed by atoms with van der Waals surface area (Å²) in [6.45, 7) is 0.000768. The van der Waals surface area contributed by atoms with Crippen molar-refractivity contribution in [3.63, 3.8) is 0 Å². The molecule has 3 aromatic heterocycles. The molecule has 0 bridgehead atoms. The molecule has 0 unspecified atom stereocenters. The number of aromatic nitrogens is 3. The summed E-state index contributed by atoms with van der Waals surface area (Å²) in [5.41, 5.74) is 3.99. The lowest BCUT2D eigenvalue weighted by Crippen LogP contribution is -3.00. The molecule has 5 heterocycles. The van der Waals surface area contributed by atoms with Crippen LogP contribution in [0.5, 0.6) is 0 Å². The zero-order valence-corrected chi connectivity index (χ0v) is 25.5. The van der Waals surface area contributed by atoms with Crippen LogP contribution in [-0.4, -0.2) is 84.8 Å². The third-order valence-corrected chi connectivity index (χ3v) is 9.06. The van der Waals surface area contributed by atoms with Gasteiger partial charge in [0.2, 0.25) is 0 Å². The van der Waals surface area contributed by atoms with Gasteiger partial charge < -0.3 is 51.7 Å². The predicted molar refractivity (Wildman–Crippen MR) is 160 cm³/mol. The van der Waals surface area contributed by atoms with Crippen molar-refractivity contribution in [2.24, 2.45) is 0 Å². The van der Waals surface area contributed by atoms with Crippen molar-refractivity contribution in [2.75, 3.05) is 13.7 Å². The third kappa shape index (κ3) is 4.11. The van der Waals surface area contributed by atoms with Gasteiger partial charge in [0.25, 0.3) is 11.8 Å². The molecule has 6 aromatic rings. The topological polar surface area (TPSA) is 152 Å². The van der Waals surface area contributed by atoms with E-state index >= 15 is 0 Å². The van der Waals surface area contributed by atoms with E-state index in [1.54, 1.807) is 16.7 Å². The van der Waals surface area contributed by atoms with Gasteiger partial charge in [0, 0.05) is 34.8 Å². The molecule has 0 aliphatic carbocycles. The number of ether oxygens (including phenoxy) is 1. The number of nitrogens with zero attached hydrogens (tertiary/aromatic N) is 3. The minimum absolute atomic E-state index is 0. The molecule has 11 nitrogen and oxygen atoms in total. The lowest BCUT2D eigenvalue weighted by Gasteiger charge is -2.41. The fraction of sp³-hybridized carbons (Fsp3) is 0.242. The molecule has 5 atom stereocenters. The number of nitrogens with one attached hydrogen (secondary N) is 1. The first-order valence-corrected chi connectivity index (χ1v) is 14.4. The molecule has 2 amide bonds. The van der Waals surface area contributed by atoms with E-state index in [1.807, 2.05) is 65.5 Å². The Morgan fingerprint density at radius 1 is 0.867 bits per heavy atom. The Hall–Kier alpha value is -4.17. The number of halogens is 1. The van der Waals surface area contributed by atoms with Crippen molar-refractivity contribution >= 4 is 55.4 Å². The number of rotatable bonds is 4. The van der Waals surface area contributed by atoms with Gasteiger partial charge in [-0.2, -0.15) is 0 Å². The van der Waals surface area contributed by atoms with Crippen molar-refractivity contribution in [2.45, 2.75) is 37.2 Å². The van der Waals surface area contributed by atoms with Crippen LogP contribution >= 0.6 is 0 Å². The Balaban J connectivity index is 0.00000325. The highest BCUT2D eigenvalue weighted by atomic mass is 79.9. The first kappa shape index (κ1) is 29.5. The van der Waals surface area contributed by atoms with E-state index in [2.05, 4.69) is 4.98 Å². The van der Waals surface area contributed by atoms with Crippen LogP contribution in [0.25, 0.3) is 43.6 Å². The summed E-state index contributed by atoms with van der Waals surface area (Å²) in [5, 5.41) is 44.9. The Morgan fingerprint density at radius 2 is 1.56 bits per heavy atom. The van der Waals surface area contributed by atoms with Crippen LogP contribution < -0.4 is 21.5 Å². The number of imide groups is 1. The maximum absolute atomic E-state index is 13.8. The largest absolute Gasteiger partial charge is 1.00 e. The summed E-state index contributed by atoms with van der Waals surface area (Å²) < 4.78 is 9.77. The van der Waals surface area contributed by atoms with Gasteiger partial charge >= 0.3 is 0 Å². The number of fused-ring (bicyclic) bond motifs is 10. The minimum Gasteiger partial charge on any atom is -1.00 e. The summed E-state index contributed by atoms with van der Waals surface area (Å²) in [6.07, 6.45) is -3.22. The first-order valence-electron chi connectivity index (χ1n) is 14.4. The average Bonchev–Trinajstić information content (AvgIpc) is 3.65. The number of aromatic amines is 1. The molecule has 2 aliphatic rings. The van der Waals surface area contributed by atoms with Crippen molar-refractivity contribution in [1.82, 2.24) is 14.5 Å². The van der Waals surface area contributed by atoms with Gasteiger partial charge in [0.1, 0.15) is 24.4 Å². The van der Waals surface area contributed by atoms with Crippen LogP contribution in [0.3, 0.4) is 0 Å². The van der Waals surface area contributed by atoms with Crippen LogP contribution in [0.2, 0.25) is 0 Å². The standard InChI is InChI=1S/C33H28N4O7.BrH/c1-35-31(42)24-22-18-14-36(13-16-7-3-2-4-8-16)12-11-19(18)34-26(22)27-23(25(24)32(35)43)17-9-5-6-10-20(17)37(27)33-30(41)29(40)28(39)21(15-38)44-33;/h2-12,14,21,28-30,33,38-41H,13,15H2,1H3;1H/t21-,28-,29+,30-,33-;/m1./s1. The number of H-pyrrole nitrogens is 1. The number of amides is 2. The second-order valence-corrected chi connectivity index (χ2v) is 11.6. The molecule has 3 aromatic carbocycles. The number of benzene rings is 3. The van der Waals surface area contributed by atoms with E-state index < -0.39 is 49.1 Å². The molecule has 1 saturated heterocycles. The van der Waals surface area contributed by atoms with Gasteiger partial charge in [0.15, 0.2) is 25.2 Å². The highest BCUT2D eigenvalue weighted by Crippen LogP contribution is 2.46. The van der Waals surface area contributed by atoms with Crippen molar-refractivity contribution < 1.29 is 56.3 Å². The van der Waals surface area contributed by atoms with E-state index in [0.717, 1.165) is 21.4 Å². The maximum Gasteiger partial charge on any atom is 0.262 e. The molecule has 45 heavy (non-hydrogen) atoms. The van der Waals surface area contributed by atoms with Crippen LogP contribution in [0.4, 0.5) is 0 Å². The molecule has 2 aliphatic heterocycles. The number of hydrogen-bond acceptors (Lipinski definition) is 7. The highest BCUT2D eigenvalue weighted by Gasteiger charge is 2.46. The van der Waals surface area contributed by atoms with Crippen LogP contribution in [0, 0.1) is 0 Å². The Labute approximate surface area is 266 Å².